The van der Waals surface area contributed by atoms with Gasteiger partial charge in [0.05, 0.1) is 23.4 Å². The Kier molecular flexibility index (Phi) is 7.83. The third kappa shape index (κ3) is 6.59. The zero-order valence-electron chi connectivity index (χ0n) is 19.5. The number of hydrogen-bond donors (Lipinski definition) is 0. The standard InChI is InChI=1S/C24H29ClF3N3O3S/c1-35(32,33)31-11-8-18-13-21(5-4-19(18)16-31)34-12-2-3-17-6-9-30(10-7-17)23-22(25)14-20(15-29-23)24(26,27)28/h4-5,13-15,17H,2-3,6-12,16H2,1H3. The minimum Gasteiger partial charge on any atom is -0.494 e. The van der Waals surface area contributed by atoms with Gasteiger partial charge in [-0.2, -0.15) is 17.5 Å². The quantitative estimate of drug-likeness (QED) is 0.463. The maximum Gasteiger partial charge on any atom is 0.417 e. The summed E-state index contributed by atoms with van der Waals surface area (Å²) in [6.45, 7) is 2.90. The summed E-state index contributed by atoms with van der Waals surface area (Å²) in [7, 11) is -3.19. The van der Waals surface area contributed by atoms with Gasteiger partial charge < -0.3 is 9.64 Å². The fourth-order valence-electron chi connectivity index (χ4n) is 4.69. The Labute approximate surface area is 209 Å². The number of sulfonamides is 1. The molecular formula is C24H29ClF3N3O3S. The molecule has 6 nitrogen and oxygen atoms in total. The molecule has 1 fully saturated rings. The number of rotatable bonds is 7. The first-order valence-corrected chi connectivity index (χ1v) is 13.9. The Morgan fingerprint density at radius 1 is 1.14 bits per heavy atom. The molecule has 0 unspecified atom stereocenters. The van der Waals surface area contributed by atoms with E-state index in [1.165, 1.54) is 10.6 Å². The average Bonchev–Trinajstić information content (AvgIpc) is 2.80. The average molecular weight is 532 g/mol. The van der Waals surface area contributed by atoms with Crippen LogP contribution in [-0.4, -0.2) is 50.2 Å². The van der Waals surface area contributed by atoms with Crippen molar-refractivity contribution < 1.29 is 26.3 Å². The number of fused-ring (bicyclic) bond motifs is 1. The van der Waals surface area contributed by atoms with E-state index in [0.29, 0.717) is 50.9 Å². The van der Waals surface area contributed by atoms with Gasteiger partial charge in [-0.1, -0.05) is 17.7 Å². The van der Waals surface area contributed by atoms with Gasteiger partial charge in [-0.05, 0) is 67.3 Å². The maximum absolute atomic E-state index is 12.8. The molecule has 0 aliphatic carbocycles. The first kappa shape index (κ1) is 26.0. The Balaban J connectivity index is 1.20. The molecule has 1 aromatic heterocycles. The number of piperidine rings is 1. The molecule has 11 heteroatoms. The molecular weight excluding hydrogens is 503 g/mol. The van der Waals surface area contributed by atoms with E-state index in [2.05, 4.69) is 4.98 Å². The van der Waals surface area contributed by atoms with E-state index in [0.717, 1.165) is 54.8 Å². The van der Waals surface area contributed by atoms with E-state index in [1.807, 2.05) is 23.1 Å². The van der Waals surface area contributed by atoms with Gasteiger partial charge in [-0.3, -0.25) is 0 Å². The molecule has 0 spiro atoms. The lowest BCUT2D eigenvalue weighted by Gasteiger charge is -2.33. The number of alkyl halides is 3. The summed E-state index contributed by atoms with van der Waals surface area (Å²) < 4.78 is 69.5. The summed E-state index contributed by atoms with van der Waals surface area (Å²) in [6.07, 6.45) is 2.06. The molecule has 4 rings (SSSR count). The van der Waals surface area contributed by atoms with Crippen LogP contribution >= 0.6 is 11.6 Å². The van der Waals surface area contributed by atoms with Crippen LogP contribution in [0.15, 0.2) is 30.5 Å². The van der Waals surface area contributed by atoms with Crippen LogP contribution in [0.25, 0.3) is 0 Å². The Bertz CT molecular complexity index is 1150. The zero-order chi connectivity index (χ0) is 25.2. The molecule has 192 valence electrons. The van der Waals surface area contributed by atoms with Crippen molar-refractivity contribution in [1.82, 2.24) is 9.29 Å². The number of anilines is 1. The van der Waals surface area contributed by atoms with Crippen LogP contribution in [0.2, 0.25) is 5.02 Å². The Hall–Kier alpha value is -2.04. The van der Waals surface area contributed by atoms with Crippen molar-refractivity contribution in [3.05, 3.63) is 52.2 Å². The topological polar surface area (TPSA) is 62.7 Å². The van der Waals surface area contributed by atoms with Crippen LogP contribution in [-0.2, 0) is 29.2 Å². The molecule has 0 radical (unpaired) electrons. The second-order valence-corrected chi connectivity index (χ2v) is 11.6. The molecule has 0 atom stereocenters. The van der Waals surface area contributed by atoms with Gasteiger partial charge in [0.1, 0.15) is 11.6 Å². The van der Waals surface area contributed by atoms with E-state index in [9.17, 15) is 21.6 Å². The van der Waals surface area contributed by atoms with Crippen LogP contribution < -0.4 is 9.64 Å². The van der Waals surface area contributed by atoms with Gasteiger partial charge in [0, 0.05) is 32.4 Å². The van der Waals surface area contributed by atoms with Gasteiger partial charge in [0.15, 0.2) is 0 Å². The lowest BCUT2D eigenvalue weighted by molar-refractivity contribution is -0.137. The predicted molar refractivity (Wildman–Crippen MR) is 129 cm³/mol. The van der Waals surface area contributed by atoms with Crippen molar-refractivity contribution in [2.75, 3.05) is 37.4 Å². The molecule has 1 aromatic carbocycles. The van der Waals surface area contributed by atoms with Crippen molar-refractivity contribution in [3.8, 4) is 5.75 Å². The van der Waals surface area contributed by atoms with Gasteiger partial charge in [-0.15, -0.1) is 0 Å². The molecule has 3 heterocycles. The van der Waals surface area contributed by atoms with Crippen LogP contribution in [0.3, 0.4) is 0 Å². The number of halogens is 4. The van der Waals surface area contributed by atoms with Crippen molar-refractivity contribution >= 4 is 27.4 Å². The van der Waals surface area contributed by atoms with Gasteiger partial charge in [-0.25, -0.2) is 13.4 Å². The Morgan fingerprint density at radius 2 is 1.89 bits per heavy atom. The first-order chi connectivity index (χ1) is 16.5. The third-order valence-corrected chi connectivity index (χ3v) is 8.24. The van der Waals surface area contributed by atoms with E-state index in [4.69, 9.17) is 16.3 Å². The van der Waals surface area contributed by atoms with E-state index < -0.39 is 21.8 Å². The van der Waals surface area contributed by atoms with Crippen LogP contribution in [0, 0.1) is 5.92 Å². The zero-order valence-corrected chi connectivity index (χ0v) is 21.1. The second-order valence-electron chi connectivity index (χ2n) is 9.23. The minimum absolute atomic E-state index is 0.0285. The molecule has 0 saturated carbocycles. The number of nitrogens with zero attached hydrogens (tertiary/aromatic N) is 3. The third-order valence-electron chi connectivity index (χ3n) is 6.71. The summed E-state index contributed by atoms with van der Waals surface area (Å²) in [4.78, 5) is 5.92. The summed E-state index contributed by atoms with van der Waals surface area (Å²) in [5.74, 6) is 1.73. The fraction of sp³-hybridized carbons (Fsp3) is 0.542. The number of pyridine rings is 1. The molecule has 0 N–H and O–H groups in total. The van der Waals surface area contributed by atoms with Crippen LogP contribution in [0.5, 0.6) is 5.75 Å². The molecule has 2 aliphatic rings. The monoisotopic (exact) mass is 531 g/mol. The highest BCUT2D eigenvalue weighted by atomic mass is 35.5. The second kappa shape index (κ2) is 10.5. The molecule has 0 amide bonds. The Morgan fingerprint density at radius 3 is 2.54 bits per heavy atom. The lowest BCUT2D eigenvalue weighted by atomic mass is 9.92. The van der Waals surface area contributed by atoms with E-state index in [1.54, 1.807) is 0 Å². The fourth-order valence-corrected chi connectivity index (χ4v) is 5.77. The summed E-state index contributed by atoms with van der Waals surface area (Å²) in [5, 5.41) is 0.0285. The first-order valence-electron chi connectivity index (χ1n) is 11.7. The van der Waals surface area contributed by atoms with Gasteiger partial charge >= 0.3 is 6.18 Å². The van der Waals surface area contributed by atoms with Crippen LogP contribution in [0.1, 0.15) is 42.4 Å². The van der Waals surface area contributed by atoms with Crippen molar-refractivity contribution in [3.63, 3.8) is 0 Å². The number of hydrogen-bond acceptors (Lipinski definition) is 5. The van der Waals surface area contributed by atoms with Crippen molar-refractivity contribution in [1.29, 1.82) is 0 Å². The molecule has 1 saturated heterocycles. The summed E-state index contributed by atoms with van der Waals surface area (Å²) in [6, 6.07) is 6.78. The molecule has 2 aromatic rings. The number of ether oxygens (including phenoxy) is 1. The lowest BCUT2D eigenvalue weighted by Crippen LogP contribution is -2.35. The molecule has 0 bridgehead atoms. The van der Waals surface area contributed by atoms with Gasteiger partial charge in [0.2, 0.25) is 10.0 Å². The largest absolute Gasteiger partial charge is 0.494 e. The van der Waals surface area contributed by atoms with Gasteiger partial charge in [0.25, 0.3) is 0 Å². The minimum atomic E-state index is -4.46. The predicted octanol–water partition coefficient (Wildman–Crippen LogP) is 5.15. The maximum atomic E-state index is 12.8. The van der Waals surface area contributed by atoms with Crippen LogP contribution in [0.4, 0.5) is 19.0 Å². The van der Waals surface area contributed by atoms with E-state index in [-0.39, 0.29) is 5.02 Å². The SMILES string of the molecule is CS(=O)(=O)N1CCc2cc(OCCCC3CCN(c4ncc(C(F)(F)F)cc4Cl)CC3)ccc2C1. The number of benzene rings is 1. The summed E-state index contributed by atoms with van der Waals surface area (Å²) >= 11 is 6.09. The normalized spacial score (nSPS) is 17.9. The smallest absolute Gasteiger partial charge is 0.417 e. The highest BCUT2D eigenvalue weighted by Crippen LogP contribution is 2.35. The molecule has 2 aliphatic heterocycles. The molecule has 35 heavy (non-hydrogen) atoms. The highest BCUT2D eigenvalue weighted by molar-refractivity contribution is 7.88. The van der Waals surface area contributed by atoms with Crippen molar-refractivity contribution in [2.24, 2.45) is 5.92 Å². The van der Waals surface area contributed by atoms with E-state index >= 15 is 0 Å². The number of aromatic nitrogens is 1. The highest BCUT2D eigenvalue weighted by Gasteiger charge is 2.32. The van der Waals surface area contributed by atoms with Crippen molar-refractivity contribution in [2.45, 2.75) is 44.8 Å². The summed E-state index contributed by atoms with van der Waals surface area (Å²) in [5.41, 5.74) is 1.31.